The van der Waals surface area contributed by atoms with Crippen molar-refractivity contribution in [2.24, 2.45) is 0 Å². The number of nitrogens with one attached hydrogen (secondary N) is 1. The van der Waals surface area contributed by atoms with Crippen LogP contribution in [-0.2, 0) is 13.1 Å². The van der Waals surface area contributed by atoms with Crippen LogP contribution in [0.25, 0.3) is 10.9 Å². The molecule has 0 amide bonds. The Hall–Kier alpha value is -1.29. The zero-order valence-corrected chi connectivity index (χ0v) is 14.1. The number of fused-ring (bicyclic) bond motifs is 1. The Morgan fingerprint density at radius 3 is 2.76 bits per heavy atom. The van der Waals surface area contributed by atoms with Crippen molar-refractivity contribution < 1.29 is 0 Å². The van der Waals surface area contributed by atoms with Crippen LogP contribution in [-0.4, -0.2) is 11.6 Å². The SMILES string of the molecule is CNCc1cccc2ccn(Cc3ccc(Br)cc3Cl)c12. The van der Waals surface area contributed by atoms with E-state index >= 15 is 0 Å². The molecule has 3 aromatic rings. The zero-order chi connectivity index (χ0) is 14.8. The minimum atomic E-state index is 0.774. The molecule has 3 rings (SSSR count). The maximum absolute atomic E-state index is 6.34. The Morgan fingerprint density at radius 1 is 1.14 bits per heavy atom. The average Bonchev–Trinajstić information content (AvgIpc) is 2.87. The molecular weight excluding hydrogens is 348 g/mol. The van der Waals surface area contributed by atoms with E-state index in [4.69, 9.17) is 11.6 Å². The van der Waals surface area contributed by atoms with Crippen LogP contribution in [0.3, 0.4) is 0 Å². The Labute approximate surface area is 137 Å². The van der Waals surface area contributed by atoms with Crippen molar-refractivity contribution in [3.05, 3.63) is 69.3 Å². The fourth-order valence-corrected chi connectivity index (χ4v) is 3.37. The van der Waals surface area contributed by atoms with E-state index in [9.17, 15) is 0 Å². The van der Waals surface area contributed by atoms with Gasteiger partial charge in [-0.05, 0) is 41.8 Å². The summed E-state index contributed by atoms with van der Waals surface area (Å²) in [4.78, 5) is 0. The number of halogens is 2. The molecule has 1 aromatic heterocycles. The van der Waals surface area contributed by atoms with E-state index in [0.717, 1.165) is 28.1 Å². The van der Waals surface area contributed by atoms with Gasteiger partial charge in [0.2, 0.25) is 0 Å². The molecule has 0 aliphatic carbocycles. The highest BCUT2D eigenvalue weighted by Gasteiger charge is 2.08. The molecule has 1 heterocycles. The monoisotopic (exact) mass is 362 g/mol. The largest absolute Gasteiger partial charge is 0.343 e. The van der Waals surface area contributed by atoms with Gasteiger partial charge in [-0.1, -0.05) is 51.8 Å². The number of aromatic nitrogens is 1. The Bertz CT molecular complexity index is 780. The summed E-state index contributed by atoms with van der Waals surface area (Å²) >= 11 is 9.79. The molecule has 0 bridgehead atoms. The van der Waals surface area contributed by atoms with Crippen LogP contribution >= 0.6 is 27.5 Å². The van der Waals surface area contributed by atoms with Crippen molar-refractivity contribution in [2.45, 2.75) is 13.1 Å². The molecule has 2 nitrogen and oxygen atoms in total. The van der Waals surface area contributed by atoms with Crippen LogP contribution in [0.1, 0.15) is 11.1 Å². The summed E-state index contributed by atoms with van der Waals surface area (Å²) in [6.45, 7) is 1.63. The summed E-state index contributed by atoms with van der Waals surface area (Å²) in [7, 11) is 1.97. The first kappa shape index (κ1) is 14.6. The Kier molecular flexibility index (Phi) is 4.34. The van der Waals surface area contributed by atoms with Crippen molar-refractivity contribution in [2.75, 3.05) is 7.05 Å². The maximum Gasteiger partial charge on any atom is 0.0529 e. The predicted octanol–water partition coefficient (Wildman–Crippen LogP) is 4.82. The normalized spacial score (nSPS) is 11.2. The summed E-state index contributed by atoms with van der Waals surface area (Å²) in [5.74, 6) is 0. The molecule has 0 saturated carbocycles. The summed E-state index contributed by atoms with van der Waals surface area (Å²) in [5, 5.41) is 5.28. The van der Waals surface area contributed by atoms with Gasteiger partial charge in [-0.2, -0.15) is 0 Å². The van der Waals surface area contributed by atoms with Gasteiger partial charge < -0.3 is 9.88 Å². The number of nitrogens with zero attached hydrogens (tertiary/aromatic N) is 1. The molecule has 0 unspecified atom stereocenters. The number of rotatable bonds is 4. The first-order chi connectivity index (χ1) is 10.2. The second kappa shape index (κ2) is 6.22. The van der Waals surface area contributed by atoms with Crippen LogP contribution < -0.4 is 5.32 Å². The van der Waals surface area contributed by atoms with Crippen molar-refractivity contribution >= 4 is 38.4 Å². The molecule has 0 saturated heterocycles. The zero-order valence-electron chi connectivity index (χ0n) is 11.7. The lowest BCUT2D eigenvalue weighted by atomic mass is 10.1. The molecule has 4 heteroatoms. The molecule has 0 aliphatic heterocycles. The second-order valence-corrected chi connectivity index (χ2v) is 6.39. The topological polar surface area (TPSA) is 17.0 Å². The summed E-state index contributed by atoms with van der Waals surface area (Å²) in [6, 6.07) is 14.6. The van der Waals surface area contributed by atoms with Gasteiger partial charge in [0.15, 0.2) is 0 Å². The summed E-state index contributed by atoms with van der Waals surface area (Å²) in [6.07, 6.45) is 2.13. The first-order valence-corrected chi connectivity index (χ1v) is 8.01. The van der Waals surface area contributed by atoms with Crippen molar-refractivity contribution in [3.63, 3.8) is 0 Å². The molecule has 2 aromatic carbocycles. The summed E-state index contributed by atoms with van der Waals surface area (Å²) in [5.41, 5.74) is 3.69. The minimum absolute atomic E-state index is 0.774. The fraction of sp³-hybridized carbons (Fsp3) is 0.176. The van der Waals surface area contributed by atoms with Gasteiger partial charge >= 0.3 is 0 Å². The van der Waals surface area contributed by atoms with E-state index in [1.807, 2.05) is 19.2 Å². The molecule has 21 heavy (non-hydrogen) atoms. The molecule has 0 atom stereocenters. The number of benzene rings is 2. The average molecular weight is 364 g/mol. The Morgan fingerprint density at radius 2 is 2.00 bits per heavy atom. The van der Waals surface area contributed by atoms with E-state index in [-0.39, 0.29) is 0 Å². The predicted molar refractivity (Wildman–Crippen MR) is 93.0 cm³/mol. The molecule has 108 valence electrons. The third-order valence-corrected chi connectivity index (χ3v) is 4.44. The van der Waals surface area contributed by atoms with Gasteiger partial charge in [0.25, 0.3) is 0 Å². The molecule has 1 N–H and O–H groups in total. The minimum Gasteiger partial charge on any atom is -0.343 e. The highest BCUT2D eigenvalue weighted by Crippen LogP contribution is 2.25. The van der Waals surface area contributed by atoms with Crippen LogP contribution in [0.5, 0.6) is 0 Å². The lowest BCUT2D eigenvalue weighted by molar-refractivity contribution is 0.796. The maximum atomic E-state index is 6.34. The molecular formula is C17H16BrClN2. The molecule has 0 aliphatic rings. The lowest BCUT2D eigenvalue weighted by Gasteiger charge is -2.11. The van der Waals surface area contributed by atoms with Gasteiger partial charge in [-0.15, -0.1) is 0 Å². The van der Waals surface area contributed by atoms with Crippen molar-refractivity contribution in [1.82, 2.24) is 9.88 Å². The lowest BCUT2D eigenvalue weighted by Crippen LogP contribution is -2.08. The molecule has 0 radical (unpaired) electrons. The smallest absolute Gasteiger partial charge is 0.0529 e. The number of para-hydroxylation sites is 1. The standard InChI is InChI=1S/C17H16BrClN2/c1-20-10-13-4-2-3-12-7-8-21(17(12)13)11-14-5-6-15(18)9-16(14)19/h2-9,20H,10-11H2,1H3. The highest BCUT2D eigenvalue weighted by atomic mass is 79.9. The van der Waals surface area contributed by atoms with Gasteiger partial charge in [0, 0.05) is 28.8 Å². The van der Waals surface area contributed by atoms with E-state index in [1.54, 1.807) is 0 Å². The van der Waals surface area contributed by atoms with Gasteiger partial charge in [0.1, 0.15) is 0 Å². The second-order valence-electron chi connectivity index (χ2n) is 5.06. The highest BCUT2D eigenvalue weighted by molar-refractivity contribution is 9.10. The van der Waals surface area contributed by atoms with E-state index < -0.39 is 0 Å². The van der Waals surface area contributed by atoms with Crippen LogP contribution in [0.4, 0.5) is 0 Å². The van der Waals surface area contributed by atoms with Crippen molar-refractivity contribution in [1.29, 1.82) is 0 Å². The van der Waals surface area contributed by atoms with Crippen LogP contribution in [0.2, 0.25) is 5.02 Å². The van der Waals surface area contributed by atoms with E-state index in [1.165, 1.54) is 16.5 Å². The van der Waals surface area contributed by atoms with E-state index in [2.05, 4.69) is 62.3 Å². The first-order valence-electron chi connectivity index (χ1n) is 6.84. The third kappa shape index (κ3) is 3.00. The number of hydrogen-bond donors (Lipinski definition) is 1. The van der Waals surface area contributed by atoms with Gasteiger partial charge in [-0.3, -0.25) is 0 Å². The van der Waals surface area contributed by atoms with Gasteiger partial charge in [0.05, 0.1) is 5.52 Å². The van der Waals surface area contributed by atoms with Crippen LogP contribution in [0.15, 0.2) is 53.1 Å². The van der Waals surface area contributed by atoms with Crippen LogP contribution in [0, 0.1) is 0 Å². The van der Waals surface area contributed by atoms with Gasteiger partial charge in [-0.25, -0.2) is 0 Å². The third-order valence-electron chi connectivity index (χ3n) is 3.60. The molecule has 0 spiro atoms. The quantitative estimate of drug-likeness (QED) is 0.703. The molecule has 0 fully saturated rings. The fourth-order valence-electron chi connectivity index (χ4n) is 2.64. The summed E-state index contributed by atoms with van der Waals surface area (Å²) < 4.78 is 3.27. The van der Waals surface area contributed by atoms with E-state index in [0.29, 0.717) is 0 Å². The van der Waals surface area contributed by atoms with Crippen molar-refractivity contribution in [3.8, 4) is 0 Å². The Balaban J connectivity index is 2.04. The number of hydrogen-bond acceptors (Lipinski definition) is 1.